The Labute approximate surface area is 110 Å². The third-order valence-electron chi connectivity index (χ3n) is 2.84. The topological polar surface area (TPSA) is 71.5 Å². The minimum absolute atomic E-state index is 0.0703. The molecule has 0 bridgehead atoms. The Morgan fingerprint density at radius 1 is 1.42 bits per heavy atom. The first-order valence-corrected chi connectivity index (χ1v) is 5.79. The van der Waals surface area contributed by atoms with Gasteiger partial charge in [-0.3, -0.25) is 10.1 Å². The van der Waals surface area contributed by atoms with E-state index in [4.69, 9.17) is 4.42 Å². The van der Waals surface area contributed by atoms with E-state index in [1.165, 1.54) is 6.07 Å². The highest BCUT2D eigenvalue weighted by Gasteiger charge is 2.12. The monoisotopic (exact) mass is 261 g/mol. The van der Waals surface area contributed by atoms with E-state index in [0.717, 1.165) is 11.3 Å². The number of hydrogen-bond donors (Lipinski definition) is 1. The molecule has 1 aromatic carbocycles. The van der Waals surface area contributed by atoms with Crippen LogP contribution < -0.4 is 10.2 Å². The van der Waals surface area contributed by atoms with Crippen LogP contribution in [0.1, 0.15) is 5.56 Å². The van der Waals surface area contributed by atoms with Crippen molar-refractivity contribution in [3.63, 3.8) is 0 Å². The van der Waals surface area contributed by atoms with Gasteiger partial charge in [-0.25, -0.2) is 0 Å². The van der Waals surface area contributed by atoms with Crippen molar-refractivity contribution < 1.29 is 9.34 Å². The maximum Gasteiger partial charge on any atom is 0.273 e. The third kappa shape index (κ3) is 3.04. The molecule has 100 valence electrons. The molecule has 2 rings (SSSR count). The molecule has 0 aliphatic heterocycles. The van der Waals surface area contributed by atoms with E-state index in [1.54, 1.807) is 25.6 Å². The number of nitrogens with zero attached hydrogens (tertiary/aromatic N) is 2. The first-order chi connectivity index (χ1) is 9.10. The highest BCUT2D eigenvalue weighted by molar-refractivity contribution is 5.64. The molecule has 0 radical (unpaired) electrons. The quantitative estimate of drug-likeness (QED) is 0.662. The first kappa shape index (κ1) is 12.9. The molecule has 1 N–H and O–H groups in total. The lowest BCUT2D eigenvalue weighted by atomic mass is 10.2. The van der Waals surface area contributed by atoms with Crippen LogP contribution >= 0.6 is 0 Å². The molecule has 0 spiro atoms. The van der Waals surface area contributed by atoms with E-state index < -0.39 is 4.92 Å². The third-order valence-corrected chi connectivity index (χ3v) is 2.84. The normalized spacial score (nSPS) is 10.2. The lowest BCUT2D eigenvalue weighted by Gasteiger charge is -2.19. The molecule has 0 amide bonds. The Hall–Kier alpha value is -2.50. The summed E-state index contributed by atoms with van der Waals surface area (Å²) in [5.74, 6) is 0. The predicted octanol–water partition coefficient (Wildman–Crippen LogP) is 2.87. The summed E-state index contributed by atoms with van der Waals surface area (Å²) in [5, 5.41) is 13.8. The maximum atomic E-state index is 10.9. The van der Waals surface area contributed by atoms with Crippen LogP contribution in [0.2, 0.25) is 0 Å². The van der Waals surface area contributed by atoms with Crippen molar-refractivity contribution >= 4 is 17.1 Å². The number of rotatable bonds is 5. The number of non-ortho nitro benzene ring substituents is 1. The van der Waals surface area contributed by atoms with Crippen LogP contribution in [0.15, 0.2) is 41.2 Å². The summed E-state index contributed by atoms with van der Waals surface area (Å²) < 4.78 is 5.01. The largest absolute Gasteiger partial charge is 0.472 e. The van der Waals surface area contributed by atoms with Gasteiger partial charge in [-0.2, -0.15) is 0 Å². The van der Waals surface area contributed by atoms with Gasteiger partial charge in [0.2, 0.25) is 0 Å². The molecule has 2 aromatic rings. The van der Waals surface area contributed by atoms with Gasteiger partial charge in [-0.05, 0) is 12.1 Å². The van der Waals surface area contributed by atoms with Crippen LogP contribution in [-0.2, 0) is 6.54 Å². The lowest BCUT2D eigenvalue weighted by Crippen LogP contribution is -2.16. The van der Waals surface area contributed by atoms with Crippen molar-refractivity contribution in [2.75, 3.05) is 24.3 Å². The Kier molecular flexibility index (Phi) is 3.70. The molecule has 6 heteroatoms. The number of hydrogen-bond acceptors (Lipinski definition) is 5. The van der Waals surface area contributed by atoms with Crippen molar-refractivity contribution in [2.45, 2.75) is 6.54 Å². The van der Waals surface area contributed by atoms with E-state index in [2.05, 4.69) is 5.32 Å². The van der Waals surface area contributed by atoms with Gasteiger partial charge in [0, 0.05) is 49.7 Å². The molecule has 0 saturated carbocycles. The first-order valence-electron chi connectivity index (χ1n) is 5.79. The summed E-state index contributed by atoms with van der Waals surface area (Å²) in [4.78, 5) is 12.4. The van der Waals surface area contributed by atoms with Crippen LogP contribution in [0.3, 0.4) is 0 Å². The molecule has 0 fully saturated rings. The highest BCUT2D eigenvalue weighted by atomic mass is 16.6. The zero-order chi connectivity index (χ0) is 13.8. The van der Waals surface area contributed by atoms with Crippen LogP contribution in [-0.4, -0.2) is 19.0 Å². The zero-order valence-corrected chi connectivity index (χ0v) is 10.8. The summed E-state index contributed by atoms with van der Waals surface area (Å²) in [6.45, 7) is 0.626. The van der Waals surface area contributed by atoms with E-state index in [1.807, 2.05) is 24.1 Å². The Morgan fingerprint density at radius 2 is 2.21 bits per heavy atom. The van der Waals surface area contributed by atoms with Gasteiger partial charge in [0.25, 0.3) is 5.69 Å². The van der Waals surface area contributed by atoms with Gasteiger partial charge in [0.1, 0.15) is 0 Å². The number of nitro groups is 1. The van der Waals surface area contributed by atoms with Gasteiger partial charge in [-0.15, -0.1) is 0 Å². The van der Waals surface area contributed by atoms with Crippen molar-refractivity contribution in [3.05, 3.63) is 52.5 Å². The van der Waals surface area contributed by atoms with Gasteiger partial charge in [0.05, 0.1) is 17.4 Å². The lowest BCUT2D eigenvalue weighted by molar-refractivity contribution is -0.384. The Balaban J connectivity index is 2.27. The fraction of sp³-hybridized carbons (Fsp3) is 0.231. The SMILES string of the molecule is CNc1cc(N(C)Cc2ccoc2)cc([N+](=O)[O-])c1. The van der Waals surface area contributed by atoms with Gasteiger partial charge in [0.15, 0.2) is 0 Å². The van der Waals surface area contributed by atoms with Gasteiger partial charge >= 0.3 is 0 Å². The second-order valence-electron chi connectivity index (χ2n) is 4.23. The van der Waals surface area contributed by atoms with Gasteiger partial charge in [-0.1, -0.05) is 0 Å². The van der Waals surface area contributed by atoms with E-state index in [-0.39, 0.29) is 5.69 Å². The number of benzene rings is 1. The molecule has 1 heterocycles. The van der Waals surface area contributed by atoms with Crippen molar-refractivity contribution in [1.82, 2.24) is 0 Å². The van der Waals surface area contributed by atoms with E-state index >= 15 is 0 Å². The molecular formula is C13H15N3O3. The number of furan rings is 1. The summed E-state index contributed by atoms with van der Waals surface area (Å²) in [7, 11) is 3.62. The molecule has 0 saturated heterocycles. The maximum absolute atomic E-state index is 10.9. The minimum Gasteiger partial charge on any atom is -0.472 e. The molecular weight excluding hydrogens is 246 g/mol. The smallest absolute Gasteiger partial charge is 0.273 e. The molecule has 6 nitrogen and oxygen atoms in total. The molecule has 0 unspecified atom stereocenters. The molecule has 19 heavy (non-hydrogen) atoms. The van der Waals surface area contributed by atoms with Crippen molar-refractivity contribution in [2.24, 2.45) is 0 Å². The Bertz CT molecular complexity index is 567. The Morgan fingerprint density at radius 3 is 2.79 bits per heavy atom. The van der Waals surface area contributed by atoms with Gasteiger partial charge < -0.3 is 14.6 Å². The zero-order valence-electron chi connectivity index (χ0n) is 10.8. The van der Waals surface area contributed by atoms with Crippen molar-refractivity contribution in [1.29, 1.82) is 0 Å². The van der Waals surface area contributed by atoms with Crippen LogP contribution in [0, 0.1) is 10.1 Å². The summed E-state index contributed by atoms with van der Waals surface area (Å²) in [6, 6.07) is 6.80. The second kappa shape index (κ2) is 5.43. The predicted molar refractivity (Wildman–Crippen MR) is 73.5 cm³/mol. The second-order valence-corrected chi connectivity index (χ2v) is 4.23. The standard InChI is InChI=1S/C13H15N3O3/c1-14-11-5-12(7-13(6-11)16(17)18)15(2)8-10-3-4-19-9-10/h3-7,9,14H,8H2,1-2H3. The summed E-state index contributed by atoms with van der Waals surface area (Å²) in [5.41, 5.74) is 2.57. The number of nitrogens with one attached hydrogen (secondary N) is 1. The van der Waals surface area contributed by atoms with Crippen LogP contribution in [0.5, 0.6) is 0 Å². The summed E-state index contributed by atoms with van der Waals surface area (Å²) in [6.07, 6.45) is 3.27. The fourth-order valence-corrected chi connectivity index (χ4v) is 1.81. The number of anilines is 2. The van der Waals surface area contributed by atoms with E-state index in [9.17, 15) is 10.1 Å². The van der Waals surface area contributed by atoms with Crippen molar-refractivity contribution in [3.8, 4) is 0 Å². The van der Waals surface area contributed by atoms with Crippen LogP contribution in [0.25, 0.3) is 0 Å². The molecule has 0 aliphatic rings. The molecule has 0 atom stereocenters. The van der Waals surface area contributed by atoms with Crippen LogP contribution in [0.4, 0.5) is 17.1 Å². The van der Waals surface area contributed by atoms with E-state index in [0.29, 0.717) is 12.2 Å². The summed E-state index contributed by atoms with van der Waals surface area (Å²) >= 11 is 0. The fourth-order valence-electron chi connectivity index (χ4n) is 1.81. The average Bonchev–Trinajstić information content (AvgIpc) is 2.90. The average molecular weight is 261 g/mol. The number of nitro benzene ring substituents is 1. The molecule has 0 aliphatic carbocycles. The minimum atomic E-state index is -0.393. The molecule has 1 aromatic heterocycles. The highest BCUT2D eigenvalue weighted by Crippen LogP contribution is 2.27.